The Kier molecular flexibility index (Phi) is 3.61. The Labute approximate surface area is 84.7 Å². The van der Waals surface area contributed by atoms with Gasteiger partial charge < -0.3 is 4.74 Å². The first-order chi connectivity index (χ1) is 6.09. The van der Waals surface area contributed by atoms with Gasteiger partial charge in [-0.15, -0.1) is 0 Å². The molecule has 0 aliphatic carbocycles. The summed E-state index contributed by atoms with van der Waals surface area (Å²) in [5.74, 6) is 1.30. The predicted octanol–water partition coefficient (Wildman–Crippen LogP) is 3.68. The summed E-state index contributed by atoms with van der Waals surface area (Å²) in [6.45, 7) is 6.95. The van der Waals surface area contributed by atoms with Crippen LogP contribution in [0.3, 0.4) is 0 Å². The summed E-state index contributed by atoms with van der Waals surface area (Å²) in [5.41, 5.74) is 1.15. The first-order valence-corrected chi connectivity index (χ1v) is 4.86. The van der Waals surface area contributed by atoms with Gasteiger partial charge in [0.15, 0.2) is 0 Å². The molecule has 2 heteroatoms. The zero-order valence-electron chi connectivity index (χ0n) is 8.30. The van der Waals surface area contributed by atoms with Crippen LogP contribution in [0.1, 0.15) is 19.4 Å². The molecule has 1 aromatic rings. The summed E-state index contributed by atoms with van der Waals surface area (Å²) in [4.78, 5) is 0. The third-order valence-corrected chi connectivity index (χ3v) is 1.95. The first kappa shape index (κ1) is 10.4. The normalized spacial score (nSPS) is 10.5. The largest absolute Gasteiger partial charge is 0.492 e. The second-order valence-electron chi connectivity index (χ2n) is 3.64. The maximum atomic E-state index is 5.99. The van der Waals surface area contributed by atoms with Gasteiger partial charge in [0.2, 0.25) is 0 Å². The highest BCUT2D eigenvalue weighted by Gasteiger charge is 2.02. The van der Waals surface area contributed by atoms with Crippen molar-refractivity contribution in [3.63, 3.8) is 0 Å². The molecule has 0 atom stereocenters. The fourth-order valence-corrected chi connectivity index (χ4v) is 1.27. The Bertz CT molecular complexity index is 281. The Morgan fingerprint density at radius 3 is 2.62 bits per heavy atom. The van der Waals surface area contributed by atoms with Gasteiger partial charge in [-0.1, -0.05) is 31.5 Å². The van der Waals surface area contributed by atoms with Gasteiger partial charge in [0.25, 0.3) is 0 Å². The van der Waals surface area contributed by atoms with Gasteiger partial charge in [-0.05, 0) is 30.5 Å². The van der Waals surface area contributed by atoms with Crippen molar-refractivity contribution < 1.29 is 4.74 Å². The van der Waals surface area contributed by atoms with Crippen molar-refractivity contribution in [3.05, 3.63) is 28.8 Å². The van der Waals surface area contributed by atoms with Crippen molar-refractivity contribution in [1.29, 1.82) is 0 Å². The molecule has 72 valence electrons. The molecule has 13 heavy (non-hydrogen) atoms. The van der Waals surface area contributed by atoms with E-state index < -0.39 is 0 Å². The van der Waals surface area contributed by atoms with E-state index in [0.717, 1.165) is 11.3 Å². The molecule has 1 nitrogen and oxygen atoms in total. The Morgan fingerprint density at radius 1 is 1.38 bits per heavy atom. The number of ether oxygens (including phenoxy) is 1. The predicted molar refractivity (Wildman–Crippen MR) is 56.5 cm³/mol. The molecule has 0 fully saturated rings. The van der Waals surface area contributed by atoms with E-state index in [1.165, 1.54) is 0 Å². The minimum absolute atomic E-state index is 0.525. The highest BCUT2D eigenvalue weighted by molar-refractivity contribution is 6.32. The lowest BCUT2D eigenvalue weighted by Gasteiger charge is -2.10. The van der Waals surface area contributed by atoms with Gasteiger partial charge in [-0.3, -0.25) is 0 Å². The van der Waals surface area contributed by atoms with Crippen LogP contribution >= 0.6 is 11.6 Å². The first-order valence-electron chi connectivity index (χ1n) is 4.48. The molecule has 0 spiro atoms. The van der Waals surface area contributed by atoms with E-state index in [4.69, 9.17) is 16.3 Å². The molecule has 0 radical (unpaired) electrons. The van der Waals surface area contributed by atoms with Crippen molar-refractivity contribution in [3.8, 4) is 5.75 Å². The number of halogens is 1. The van der Waals surface area contributed by atoms with Gasteiger partial charge in [-0.25, -0.2) is 0 Å². The van der Waals surface area contributed by atoms with Crippen LogP contribution in [0, 0.1) is 12.8 Å². The molecular weight excluding hydrogens is 184 g/mol. The van der Waals surface area contributed by atoms with E-state index in [-0.39, 0.29) is 0 Å². The van der Waals surface area contributed by atoms with E-state index in [0.29, 0.717) is 17.5 Å². The average Bonchev–Trinajstić information content (AvgIpc) is 2.02. The van der Waals surface area contributed by atoms with Gasteiger partial charge in [0, 0.05) is 0 Å². The van der Waals surface area contributed by atoms with Crippen LogP contribution in [0.15, 0.2) is 18.2 Å². The van der Waals surface area contributed by atoms with E-state index >= 15 is 0 Å². The van der Waals surface area contributed by atoms with Gasteiger partial charge in [0.05, 0.1) is 11.6 Å². The lowest BCUT2D eigenvalue weighted by molar-refractivity contribution is 0.271. The van der Waals surface area contributed by atoms with Crippen molar-refractivity contribution >= 4 is 11.6 Å². The number of benzene rings is 1. The Morgan fingerprint density at radius 2 is 2.08 bits per heavy atom. The third-order valence-electron chi connectivity index (χ3n) is 1.66. The van der Waals surface area contributed by atoms with Crippen molar-refractivity contribution in [2.24, 2.45) is 5.92 Å². The minimum Gasteiger partial charge on any atom is -0.492 e. The van der Waals surface area contributed by atoms with E-state index in [1.54, 1.807) is 0 Å². The molecule has 0 unspecified atom stereocenters. The maximum absolute atomic E-state index is 5.99. The van der Waals surface area contributed by atoms with E-state index in [9.17, 15) is 0 Å². The SMILES string of the molecule is Cc1ccc(OCC(C)C)c(Cl)c1. The molecule has 0 saturated carbocycles. The molecule has 0 heterocycles. The van der Waals surface area contributed by atoms with Crippen molar-refractivity contribution in [1.82, 2.24) is 0 Å². The topological polar surface area (TPSA) is 9.23 Å². The van der Waals surface area contributed by atoms with E-state index in [1.807, 2.05) is 25.1 Å². The second-order valence-corrected chi connectivity index (χ2v) is 4.05. The third kappa shape index (κ3) is 3.27. The molecule has 1 rings (SSSR count). The molecule has 0 aliphatic rings. The van der Waals surface area contributed by atoms with Crippen LogP contribution in [0.2, 0.25) is 5.02 Å². The highest BCUT2D eigenvalue weighted by Crippen LogP contribution is 2.25. The van der Waals surface area contributed by atoms with Gasteiger partial charge in [-0.2, -0.15) is 0 Å². The summed E-state index contributed by atoms with van der Waals surface area (Å²) in [7, 11) is 0. The Hall–Kier alpha value is -0.690. The minimum atomic E-state index is 0.525. The van der Waals surface area contributed by atoms with Crippen LogP contribution in [-0.2, 0) is 0 Å². The summed E-state index contributed by atoms with van der Waals surface area (Å²) in [5, 5.41) is 0.695. The smallest absolute Gasteiger partial charge is 0.137 e. The summed E-state index contributed by atoms with van der Waals surface area (Å²) >= 11 is 5.99. The average molecular weight is 199 g/mol. The summed E-state index contributed by atoms with van der Waals surface area (Å²) in [6, 6.07) is 5.83. The van der Waals surface area contributed by atoms with Gasteiger partial charge in [0.1, 0.15) is 5.75 Å². The molecular formula is C11H15ClO. The second kappa shape index (κ2) is 4.52. The summed E-state index contributed by atoms with van der Waals surface area (Å²) < 4.78 is 5.52. The molecule has 0 aliphatic heterocycles. The number of hydrogen-bond acceptors (Lipinski definition) is 1. The van der Waals surface area contributed by atoms with Crippen molar-refractivity contribution in [2.75, 3.05) is 6.61 Å². The summed E-state index contributed by atoms with van der Waals surface area (Å²) in [6.07, 6.45) is 0. The zero-order chi connectivity index (χ0) is 9.84. The van der Waals surface area contributed by atoms with Gasteiger partial charge >= 0.3 is 0 Å². The fraction of sp³-hybridized carbons (Fsp3) is 0.455. The maximum Gasteiger partial charge on any atom is 0.137 e. The molecule has 0 aromatic heterocycles. The number of rotatable bonds is 3. The van der Waals surface area contributed by atoms with Crippen molar-refractivity contribution in [2.45, 2.75) is 20.8 Å². The number of aryl methyl sites for hydroxylation is 1. The van der Waals surface area contributed by atoms with E-state index in [2.05, 4.69) is 13.8 Å². The zero-order valence-corrected chi connectivity index (χ0v) is 9.06. The molecule has 0 amide bonds. The lowest BCUT2D eigenvalue weighted by Crippen LogP contribution is -2.04. The highest BCUT2D eigenvalue weighted by atomic mass is 35.5. The molecule has 1 aromatic carbocycles. The standard InChI is InChI=1S/C11H15ClO/c1-8(2)7-13-11-5-4-9(3)6-10(11)12/h4-6,8H,7H2,1-3H3. The fourth-order valence-electron chi connectivity index (χ4n) is 0.979. The van der Waals surface area contributed by atoms with Crippen LogP contribution in [0.5, 0.6) is 5.75 Å². The molecule has 0 N–H and O–H groups in total. The Balaban J connectivity index is 2.67. The lowest BCUT2D eigenvalue weighted by atomic mass is 10.2. The monoisotopic (exact) mass is 198 g/mol. The quantitative estimate of drug-likeness (QED) is 0.720. The van der Waals surface area contributed by atoms with Crippen LogP contribution in [0.4, 0.5) is 0 Å². The molecule has 0 saturated heterocycles. The van der Waals surface area contributed by atoms with Crippen LogP contribution < -0.4 is 4.74 Å². The molecule has 0 bridgehead atoms. The van der Waals surface area contributed by atoms with Crippen LogP contribution in [-0.4, -0.2) is 6.61 Å². The van der Waals surface area contributed by atoms with Crippen LogP contribution in [0.25, 0.3) is 0 Å². The number of hydrogen-bond donors (Lipinski definition) is 0.